The Balaban J connectivity index is 3.86. The monoisotopic (exact) mass is 187 g/mol. The minimum absolute atomic E-state index is 0.182. The van der Waals surface area contributed by atoms with Gasteiger partial charge in [0.15, 0.2) is 6.73 Å². The van der Waals surface area contributed by atoms with Gasteiger partial charge in [0.05, 0.1) is 0 Å². The molecular formula is C8H17N3O2. The molecule has 0 radical (unpaired) electrons. The van der Waals surface area contributed by atoms with Crippen molar-refractivity contribution < 1.29 is 9.53 Å². The summed E-state index contributed by atoms with van der Waals surface area (Å²) in [6.07, 6.45) is -0.442. The van der Waals surface area contributed by atoms with Crippen LogP contribution in [0.2, 0.25) is 0 Å². The fourth-order valence-electron chi connectivity index (χ4n) is 0.679. The zero-order valence-electron chi connectivity index (χ0n) is 8.63. The smallest absolute Gasteiger partial charge is 0.408 e. The van der Waals surface area contributed by atoms with Crippen molar-refractivity contribution in [2.45, 2.75) is 20.8 Å². The Labute approximate surface area is 78.7 Å². The number of hydrogen-bond acceptors (Lipinski definition) is 4. The number of nitrogens with one attached hydrogen (secondary N) is 1. The van der Waals surface area contributed by atoms with Crippen LogP contribution in [-0.2, 0) is 4.74 Å². The second-order valence-electron chi connectivity index (χ2n) is 2.68. The molecule has 0 atom stereocenters. The number of carbonyl (C=O) groups is 1. The third-order valence-corrected chi connectivity index (χ3v) is 1.26. The average Bonchev–Trinajstić information content (AvgIpc) is 2.10. The summed E-state index contributed by atoms with van der Waals surface area (Å²) in [4.78, 5) is 10.7. The maximum absolute atomic E-state index is 10.7. The molecule has 0 rings (SSSR count). The Morgan fingerprint density at radius 2 is 2.15 bits per heavy atom. The predicted octanol–water partition coefficient (Wildman–Crippen LogP) is 1.02. The first-order valence-corrected chi connectivity index (χ1v) is 4.21. The van der Waals surface area contributed by atoms with Gasteiger partial charge in [-0.15, -0.1) is 0 Å². The van der Waals surface area contributed by atoms with Gasteiger partial charge in [0.2, 0.25) is 0 Å². The van der Waals surface area contributed by atoms with Gasteiger partial charge >= 0.3 is 6.09 Å². The number of alkyl carbamates (subject to hydrolysis) is 1. The number of amides is 1. The topological polar surface area (TPSA) is 53.9 Å². The van der Waals surface area contributed by atoms with Gasteiger partial charge in [0, 0.05) is 19.3 Å². The molecule has 0 aliphatic carbocycles. The Hall–Kier alpha value is -1.26. The Kier molecular flexibility index (Phi) is 5.67. The van der Waals surface area contributed by atoms with Crippen LogP contribution >= 0.6 is 0 Å². The van der Waals surface area contributed by atoms with Gasteiger partial charge in [0.1, 0.15) is 0 Å². The lowest BCUT2D eigenvalue weighted by atomic mass is 10.5. The van der Waals surface area contributed by atoms with Crippen molar-refractivity contribution in [1.82, 2.24) is 10.3 Å². The van der Waals surface area contributed by atoms with Gasteiger partial charge in [-0.3, -0.25) is 5.01 Å². The van der Waals surface area contributed by atoms with Crippen molar-refractivity contribution in [2.24, 2.45) is 5.10 Å². The molecule has 0 aliphatic rings. The molecule has 0 saturated heterocycles. The summed E-state index contributed by atoms with van der Waals surface area (Å²) < 4.78 is 4.81. The first-order valence-electron chi connectivity index (χ1n) is 4.21. The van der Waals surface area contributed by atoms with E-state index in [2.05, 4.69) is 10.4 Å². The molecule has 1 N–H and O–H groups in total. The van der Waals surface area contributed by atoms with Crippen molar-refractivity contribution in [3.05, 3.63) is 0 Å². The number of hydrogen-bond donors (Lipinski definition) is 1. The molecule has 76 valence electrons. The van der Waals surface area contributed by atoms with Gasteiger partial charge in [0.25, 0.3) is 0 Å². The van der Waals surface area contributed by atoms with Crippen molar-refractivity contribution in [2.75, 3.05) is 20.3 Å². The van der Waals surface area contributed by atoms with E-state index in [1.807, 2.05) is 20.8 Å². The van der Waals surface area contributed by atoms with Gasteiger partial charge in [-0.25, -0.2) is 4.79 Å². The summed E-state index contributed by atoms with van der Waals surface area (Å²) in [5.74, 6) is 0. The molecule has 0 unspecified atom stereocenters. The summed E-state index contributed by atoms with van der Waals surface area (Å²) in [6.45, 7) is 6.62. The molecule has 5 heteroatoms. The maximum Gasteiger partial charge on any atom is 0.408 e. The van der Waals surface area contributed by atoms with Gasteiger partial charge < -0.3 is 10.1 Å². The summed E-state index contributed by atoms with van der Waals surface area (Å²) in [5.41, 5.74) is 0.933. The maximum atomic E-state index is 10.7. The van der Waals surface area contributed by atoms with Gasteiger partial charge in [-0.2, -0.15) is 5.10 Å². The van der Waals surface area contributed by atoms with Crippen LogP contribution in [0, 0.1) is 0 Å². The van der Waals surface area contributed by atoms with Crippen LogP contribution in [0.25, 0.3) is 0 Å². The third kappa shape index (κ3) is 5.95. The van der Waals surface area contributed by atoms with Crippen LogP contribution in [0.3, 0.4) is 0 Å². The van der Waals surface area contributed by atoms with E-state index >= 15 is 0 Å². The van der Waals surface area contributed by atoms with Crippen LogP contribution < -0.4 is 5.32 Å². The van der Waals surface area contributed by atoms with Crippen molar-refractivity contribution in [1.29, 1.82) is 0 Å². The van der Waals surface area contributed by atoms with Crippen molar-refractivity contribution in [3.8, 4) is 0 Å². The van der Waals surface area contributed by atoms with Crippen LogP contribution in [0.4, 0.5) is 4.79 Å². The molecule has 0 aromatic heterocycles. The van der Waals surface area contributed by atoms with Gasteiger partial charge in [-0.1, -0.05) is 0 Å². The summed E-state index contributed by atoms with van der Waals surface area (Å²) >= 11 is 0. The van der Waals surface area contributed by atoms with Crippen LogP contribution in [0.15, 0.2) is 5.10 Å². The Morgan fingerprint density at radius 3 is 2.54 bits per heavy atom. The fraction of sp³-hybridized carbons (Fsp3) is 0.750. The number of ether oxygens (including phenoxy) is 1. The largest absolute Gasteiger partial charge is 0.427 e. The van der Waals surface area contributed by atoms with E-state index < -0.39 is 6.09 Å². The molecular weight excluding hydrogens is 170 g/mol. The molecule has 1 amide bonds. The lowest BCUT2D eigenvalue weighted by Gasteiger charge is -2.16. The number of nitrogens with zero attached hydrogens (tertiary/aromatic N) is 2. The van der Waals surface area contributed by atoms with E-state index in [-0.39, 0.29) is 6.73 Å². The highest BCUT2D eigenvalue weighted by molar-refractivity contribution is 5.78. The molecule has 13 heavy (non-hydrogen) atoms. The molecule has 0 aliphatic heterocycles. The molecule has 0 aromatic carbocycles. The number of rotatable bonds is 4. The fourth-order valence-corrected chi connectivity index (χ4v) is 0.679. The molecule has 0 bridgehead atoms. The molecule has 0 spiro atoms. The minimum Gasteiger partial charge on any atom is -0.427 e. The number of carbonyl (C=O) groups excluding carboxylic acids is 1. The van der Waals surface area contributed by atoms with Crippen LogP contribution in [0.1, 0.15) is 20.8 Å². The molecule has 0 aromatic rings. The first kappa shape index (κ1) is 11.7. The lowest BCUT2D eigenvalue weighted by molar-refractivity contribution is 0.0747. The molecule has 0 saturated carbocycles. The van der Waals surface area contributed by atoms with E-state index in [0.717, 1.165) is 5.71 Å². The predicted molar refractivity (Wildman–Crippen MR) is 51.6 cm³/mol. The van der Waals surface area contributed by atoms with Crippen LogP contribution in [0.5, 0.6) is 0 Å². The zero-order valence-corrected chi connectivity index (χ0v) is 8.63. The standard InChI is InChI=1S/C8H17N3O2/c1-5-11(10-7(2)3)6-13-8(12)9-4/h5-6H2,1-4H3,(H,9,12). The molecule has 0 fully saturated rings. The highest BCUT2D eigenvalue weighted by Crippen LogP contribution is 1.91. The average molecular weight is 187 g/mol. The summed E-state index contributed by atoms with van der Waals surface area (Å²) in [5, 5.41) is 8.18. The normalized spacial score (nSPS) is 8.92. The second kappa shape index (κ2) is 6.28. The Bertz CT molecular complexity index is 188. The van der Waals surface area contributed by atoms with E-state index in [0.29, 0.717) is 6.54 Å². The third-order valence-electron chi connectivity index (χ3n) is 1.26. The Morgan fingerprint density at radius 1 is 1.54 bits per heavy atom. The van der Waals surface area contributed by atoms with Gasteiger partial charge in [-0.05, 0) is 20.8 Å². The zero-order chi connectivity index (χ0) is 10.3. The van der Waals surface area contributed by atoms with E-state index in [4.69, 9.17) is 4.74 Å². The highest BCUT2D eigenvalue weighted by Gasteiger charge is 2.01. The van der Waals surface area contributed by atoms with Crippen LogP contribution in [-0.4, -0.2) is 37.1 Å². The highest BCUT2D eigenvalue weighted by atomic mass is 16.6. The van der Waals surface area contributed by atoms with E-state index in [1.54, 1.807) is 5.01 Å². The van der Waals surface area contributed by atoms with Crippen molar-refractivity contribution in [3.63, 3.8) is 0 Å². The molecule has 5 nitrogen and oxygen atoms in total. The first-order chi connectivity index (χ1) is 6.10. The second-order valence-corrected chi connectivity index (χ2v) is 2.68. The number of hydrazone groups is 1. The lowest BCUT2D eigenvalue weighted by Crippen LogP contribution is -2.28. The summed E-state index contributed by atoms with van der Waals surface area (Å²) in [6, 6.07) is 0. The van der Waals surface area contributed by atoms with E-state index in [9.17, 15) is 4.79 Å². The summed E-state index contributed by atoms with van der Waals surface area (Å²) in [7, 11) is 1.52. The SMILES string of the molecule is CCN(COC(=O)NC)N=C(C)C. The van der Waals surface area contributed by atoms with E-state index in [1.165, 1.54) is 7.05 Å². The minimum atomic E-state index is -0.442. The van der Waals surface area contributed by atoms with Crippen molar-refractivity contribution >= 4 is 11.8 Å². The quantitative estimate of drug-likeness (QED) is 0.406. The molecule has 0 heterocycles.